The minimum Gasteiger partial charge on any atom is -0.388 e. The number of nitrogens with zero attached hydrogens (tertiary/aromatic N) is 2. The lowest BCUT2D eigenvalue weighted by atomic mass is 9.95. The van der Waals surface area contributed by atoms with E-state index in [4.69, 9.17) is 0 Å². The van der Waals surface area contributed by atoms with Gasteiger partial charge in [0.15, 0.2) is 0 Å². The molecular weight excluding hydrogens is 486 g/mol. The molecule has 2 N–H and O–H groups in total. The smallest absolute Gasteiger partial charge is 0.388 e. The molecule has 2 aromatic carbocycles. The molecule has 6 nitrogen and oxygen atoms in total. The van der Waals surface area contributed by atoms with E-state index in [1.54, 1.807) is 11.0 Å². The van der Waals surface area contributed by atoms with Crippen molar-refractivity contribution < 1.29 is 27.6 Å². The second-order valence-electron chi connectivity index (χ2n) is 8.73. The molecule has 3 aromatic rings. The number of fused-ring (bicyclic) bond motifs is 1. The average molecular weight is 512 g/mol. The van der Waals surface area contributed by atoms with Gasteiger partial charge in [-0.05, 0) is 73.5 Å². The van der Waals surface area contributed by atoms with E-state index in [9.17, 15) is 32.8 Å². The Hall–Kier alpha value is -2.76. The molecule has 2 heterocycles. The molecule has 1 atom stereocenters. The summed E-state index contributed by atoms with van der Waals surface area (Å²) in [5, 5.41) is 27.3. The van der Waals surface area contributed by atoms with E-state index in [1.165, 1.54) is 29.5 Å². The number of halogens is 4. The zero-order valence-corrected chi connectivity index (χ0v) is 19.5. The van der Waals surface area contributed by atoms with Crippen molar-refractivity contribution in [2.45, 2.75) is 31.5 Å². The van der Waals surface area contributed by atoms with Gasteiger partial charge < -0.3 is 15.3 Å². The molecule has 0 bridgehead atoms. The maximum absolute atomic E-state index is 13.6. The van der Waals surface area contributed by atoms with Gasteiger partial charge in [0.2, 0.25) is 0 Å². The van der Waals surface area contributed by atoms with Crippen LogP contribution in [0.2, 0.25) is 0 Å². The van der Waals surface area contributed by atoms with Crippen molar-refractivity contribution in [2.75, 3.05) is 31.1 Å². The van der Waals surface area contributed by atoms with Gasteiger partial charge >= 0.3 is 6.18 Å². The zero-order chi connectivity index (χ0) is 25.2. The lowest BCUT2D eigenvalue weighted by Crippen LogP contribution is -2.38. The summed E-state index contributed by atoms with van der Waals surface area (Å²) in [4.78, 5) is 11.7. The van der Waals surface area contributed by atoms with Gasteiger partial charge in [0.1, 0.15) is 5.82 Å². The SMILES string of the molecule is O=[N+]([O-])c1ccc(N2CCC(CNCCC(O)c3csc4ccc(F)cc34)CC2)c(C(F)(F)F)c1. The number of hydrogen-bond acceptors (Lipinski definition) is 6. The van der Waals surface area contributed by atoms with Crippen LogP contribution in [-0.2, 0) is 6.18 Å². The summed E-state index contributed by atoms with van der Waals surface area (Å²) in [6.45, 7) is 2.06. The number of non-ortho nitro benzene ring substituents is 1. The van der Waals surface area contributed by atoms with Gasteiger partial charge in [0, 0.05) is 41.0 Å². The van der Waals surface area contributed by atoms with Crippen LogP contribution >= 0.6 is 11.3 Å². The molecule has 0 radical (unpaired) electrons. The van der Waals surface area contributed by atoms with E-state index in [0.29, 0.717) is 57.1 Å². The summed E-state index contributed by atoms with van der Waals surface area (Å²) in [6.07, 6.45) is -3.59. The number of nitro groups is 1. The maximum Gasteiger partial charge on any atom is 0.418 e. The first kappa shape index (κ1) is 25.3. The lowest BCUT2D eigenvalue weighted by molar-refractivity contribution is -0.385. The van der Waals surface area contributed by atoms with Gasteiger partial charge in [0.25, 0.3) is 5.69 Å². The highest BCUT2D eigenvalue weighted by Crippen LogP contribution is 2.40. The number of rotatable bonds is 8. The maximum atomic E-state index is 13.6. The predicted octanol–water partition coefficient (Wildman–Crippen LogP) is 5.90. The largest absolute Gasteiger partial charge is 0.418 e. The first-order valence-corrected chi connectivity index (χ1v) is 12.2. The Morgan fingerprint density at radius 3 is 2.63 bits per heavy atom. The highest BCUT2D eigenvalue weighted by Gasteiger charge is 2.37. The van der Waals surface area contributed by atoms with E-state index in [2.05, 4.69) is 5.32 Å². The van der Waals surface area contributed by atoms with Crippen LogP contribution in [0.25, 0.3) is 10.1 Å². The minimum absolute atomic E-state index is 0.0305. The van der Waals surface area contributed by atoms with E-state index < -0.39 is 28.5 Å². The van der Waals surface area contributed by atoms with E-state index in [1.807, 2.05) is 5.38 Å². The number of benzene rings is 2. The van der Waals surface area contributed by atoms with Crippen molar-refractivity contribution in [2.24, 2.45) is 5.92 Å². The van der Waals surface area contributed by atoms with Gasteiger partial charge in [0.05, 0.1) is 16.6 Å². The highest BCUT2D eigenvalue weighted by molar-refractivity contribution is 7.17. The second-order valence-corrected chi connectivity index (χ2v) is 9.64. The number of piperidine rings is 1. The molecule has 0 amide bonds. The van der Waals surface area contributed by atoms with Crippen LogP contribution in [0.5, 0.6) is 0 Å². The number of anilines is 1. The van der Waals surface area contributed by atoms with Crippen LogP contribution in [-0.4, -0.2) is 36.2 Å². The molecule has 1 unspecified atom stereocenters. The summed E-state index contributed by atoms with van der Waals surface area (Å²) < 4.78 is 55.0. The first-order chi connectivity index (χ1) is 16.6. The van der Waals surface area contributed by atoms with Crippen LogP contribution in [0, 0.1) is 21.8 Å². The molecule has 0 saturated carbocycles. The molecule has 11 heteroatoms. The Bertz CT molecular complexity index is 1190. The number of aliphatic hydroxyl groups excluding tert-OH is 1. The molecule has 1 aromatic heterocycles. The number of thiophene rings is 1. The zero-order valence-electron chi connectivity index (χ0n) is 18.7. The predicted molar refractivity (Wildman–Crippen MR) is 127 cm³/mol. The molecule has 1 aliphatic rings. The molecule has 0 aliphatic carbocycles. The third-order valence-electron chi connectivity index (χ3n) is 6.40. The van der Waals surface area contributed by atoms with E-state index in [0.717, 1.165) is 16.2 Å². The molecule has 1 aliphatic heterocycles. The molecule has 1 saturated heterocycles. The standard InChI is InChI=1S/C24H25F4N3O3S/c25-16-1-4-23-18(11-16)19(14-35-23)22(32)5-8-29-13-15-6-9-30(10-7-15)21-3-2-17(31(33)34)12-20(21)24(26,27)28/h1-4,11-12,14-15,22,29,32H,5-10,13H2. The summed E-state index contributed by atoms with van der Waals surface area (Å²) >= 11 is 1.46. The highest BCUT2D eigenvalue weighted by atomic mass is 32.1. The van der Waals surface area contributed by atoms with Crippen molar-refractivity contribution in [3.8, 4) is 0 Å². The monoisotopic (exact) mass is 511 g/mol. The third kappa shape index (κ3) is 5.91. The topological polar surface area (TPSA) is 78.6 Å². The third-order valence-corrected chi connectivity index (χ3v) is 7.39. The Morgan fingerprint density at radius 1 is 1.20 bits per heavy atom. The van der Waals surface area contributed by atoms with Gasteiger partial charge in [-0.15, -0.1) is 11.3 Å². The Labute approximate surface area is 203 Å². The summed E-state index contributed by atoms with van der Waals surface area (Å²) in [5.41, 5.74) is -0.888. The van der Waals surface area contributed by atoms with Crippen LogP contribution in [0.4, 0.5) is 28.9 Å². The summed E-state index contributed by atoms with van der Waals surface area (Å²) in [5.74, 6) is -0.0725. The lowest BCUT2D eigenvalue weighted by Gasteiger charge is -2.35. The molecule has 0 spiro atoms. The van der Waals surface area contributed by atoms with Gasteiger partial charge in [-0.25, -0.2) is 4.39 Å². The van der Waals surface area contributed by atoms with Crippen LogP contribution in [0.1, 0.15) is 36.5 Å². The fourth-order valence-corrected chi connectivity index (χ4v) is 5.49. The fourth-order valence-electron chi connectivity index (χ4n) is 4.50. The average Bonchev–Trinajstić information content (AvgIpc) is 3.24. The van der Waals surface area contributed by atoms with Crippen molar-refractivity contribution in [3.05, 3.63) is 68.8 Å². The van der Waals surface area contributed by atoms with Crippen LogP contribution in [0.3, 0.4) is 0 Å². The van der Waals surface area contributed by atoms with Crippen LogP contribution in [0.15, 0.2) is 41.8 Å². The number of hydrogen-bond donors (Lipinski definition) is 2. The van der Waals surface area contributed by atoms with Crippen molar-refractivity contribution >= 4 is 32.8 Å². The molecule has 1 fully saturated rings. The van der Waals surface area contributed by atoms with E-state index in [-0.39, 0.29) is 17.4 Å². The summed E-state index contributed by atoms with van der Waals surface area (Å²) in [6, 6.07) is 7.41. The van der Waals surface area contributed by atoms with Crippen molar-refractivity contribution in [3.63, 3.8) is 0 Å². The number of alkyl halides is 3. The van der Waals surface area contributed by atoms with Crippen molar-refractivity contribution in [1.29, 1.82) is 0 Å². The second kappa shape index (κ2) is 10.5. The quantitative estimate of drug-likeness (QED) is 0.171. The Balaban J connectivity index is 1.27. The number of nitro benzene ring substituents is 1. The molecule has 4 rings (SSSR count). The normalized spacial score (nSPS) is 16.1. The van der Waals surface area contributed by atoms with Gasteiger partial charge in [-0.1, -0.05) is 0 Å². The molecular formula is C24H25F4N3O3S. The first-order valence-electron chi connectivity index (χ1n) is 11.3. The Kier molecular flexibility index (Phi) is 7.58. The van der Waals surface area contributed by atoms with Crippen molar-refractivity contribution in [1.82, 2.24) is 5.32 Å². The van der Waals surface area contributed by atoms with E-state index >= 15 is 0 Å². The Morgan fingerprint density at radius 2 is 1.94 bits per heavy atom. The van der Waals surface area contributed by atoms with Gasteiger partial charge in [-0.2, -0.15) is 13.2 Å². The number of nitrogens with one attached hydrogen (secondary N) is 1. The molecule has 188 valence electrons. The van der Waals surface area contributed by atoms with Gasteiger partial charge in [-0.3, -0.25) is 10.1 Å². The van der Waals surface area contributed by atoms with Crippen LogP contribution < -0.4 is 10.2 Å². The number of aliphatic hydroxyl groups is 1. The fraction of sp³-hybridized carbons (Fsp3) is 0.417. The minimum atomic E-state index is -4.68. The summed E-state index contributed by atoms with van der Waals surface area (Å²) in [7, 11) is 0. The molecule has 35 heavy (non-hydrogen) atoms.